The summed E-state index contributed by atoms with van der Waals surface area (Å²) in [7, 11) is 3.63. The van der Waals surface area contributed by atoms with E-state index >= 15 is 0 Å². The van der Waals surface area contributed by atoms with Gasteiger partial charge in [-0.15, -0.1) is 10.2 Å². The van der Waals surface area contributed by atoms with E-state index in [9.17, 15) is 0 Å². The number of aromatic nitrogens is 5. The standard InChI is InChI=1S/C18H15BrN6O/c1-25-9-14(13-6-12(26-2)3-4-15(13)25)17-16(23-24-18(20)22-17)10-5-11(19)8-21-7-10/h3-9H,1-2H3,(H2,20,22,24). The molecule has 0 saturated heterocycles. The number of hydrogen-bond donors (Lipinski definition) is 1. The third kappa shape index (κ3) is 2.78. The fourth-order valence-electron chi connectivity index (χ4n) is 2.95. The van der Waals surface area contributed by atoms with Gasteiger partial charge in [-0.05, 0) is 40.2 Å². The largest absolute Gasteiger partial charge is 0.497 e. The Morgan fingerprint density at radius 2 is 1.96 bits per heavy atom. The smallest absolute Gasteiger partial charge is 0.240 e. The summed E-state index contributed by atoms with van der Waals surface area (Å²) in [6.07, 6.45) is 5.44. The van der Waals surface area contributed by atoms with Crippen LogP contribution >= 0.6 is 15.9 Å². The molecule has 4 aromatic rings. The Balaban J connectivity index is 2.02. The highest BCUT2D eigenvalue weighted by Crippen LogP contribution is 2.36. The first-order valence-corrected chi connectivity index (χ1v) is 8.60. The summed E-state index contributed by atoms with van der Waals surface area (Å²) in [6, 6.07) is 7.84. The molecule has 0 unspecified atom stereocenters. The number of fused-ring (bicyclic) bond motifs is 1. The first-order valence-electron chi connectivity index (χ1n) is 7.81. The predicted molar refractivity (Wildman–Crippen MR) is 104 cm³/mol. The number of methoxy groups -OCH3 is 1. The van der Waals surface area contributed by atoms with E-state index < -0.39 is 0 Å². The lowest BCUT2D eigenvalue weighted by molar-refractivity contribution is 0.415. The van der Waals surface area contributed by atoms with E-state index in [1.54, 1.807) is 19.5 Å². The maximum Gasteiger partial charge on any atom is 0.240 e. The van der Waals surface area contributed by atoms with Gasteiger partial charge in [-0.3, -0.25) is 4.98 Å². The van der Waals surface area contributed by atoms with Crippen LogP contribution in [0.3, 0.4) is 0 Å². The molecule has 4 rings (SSSR count). The number of anilines is 1. The molecule has 130 valence electrons. The number of nitrogen functional groups attached to an aromatic ring is 1. The number of halogens is 1. The number of aryl methyl sites for hydroxylation is 1. The van der Waals surface area contributed by atoms with Gasteiger partial charge in [0.2, 0.25) is 5.95 Å². The van der Waals surface area contributed by atoms with Gasteiger partial charge >= 0.3 is 0 Å². The minimum atomic E-state index is 0.117. The molecule has 0 saturated carbocycles. The van der Waals surface area contributed by atoms with E-state index in [1.807, 2.05) is 42.1 Å². The average Bonchev–Trinajstić information content (AvgIpc) is 2.97. The molecule has 26 heavy (non-hydrogen) atoms. The number of rotatable bonds is 3. The van der Waals surface area contributed by atoms with E-state index in [0.717, 1.165) is 32.3 Å². The van der Waals surface area contributed by atoms with Crippen LogP contribution in [0.5, 0.6) is 5.75 Å². The molecule has 2 N–H and O–H groups in total. The van der Waals surface area contributed by atoms with Crippen LogP contribution in [0.4, 0.5) is 5.95 Å². The minimum absolute atomic E-state index is 0.117. The van der Waals surface area contributed by atoms with Crippen LogP contribution in [-0.4, -0.2) is 31.8 Å². The molecule has 0 fully saturated rings. The molecule has 3 aromatic heterocycles. The molecular weight excluding hydrogens is 396 g/mol. The van der Waals surface area contributed by atoms with Gasteiger partial charge in [-0.2, -0.15) is 0 Å². The second-order valence-corrected chi connectivity index (χ2v) is 6.71. The first kappa shape index (κ1) is 16.5. The van der Waals surface area contributed by atoms with Crippen molar-refractivity contribution in [3.63, 3.8) is 0 Å². The van der Waals surface area contributed by atoms with Gasteiger partial charge in [0.15, 0.2) is 0 Å². The molecule has 0 atom stereocenters. The highest BCUT2D eigenvalue weighted by molar-refractivity contribution is 9.10. The van der Waals surface area contributed by atoms with Crippen LogP contribution in [-0.2, 0) is 7.05 Å². The lowest BCUT2D eigenvalue weighted by Gasteiger charge is -2.08. The third-order valence-electron chi connectivity index (χ3n) is 4.13. The summed E-state index contributed by atoms with van der Waals surface area (Å²) in [5, 5.41) is 9.22. The minimum Gasteiger partial charge on any atom is -0.497 e. The highest BCUT2D eigenvalue weighted by Gasteiger charge is 2.18. The predicted octanol–water partition coefficient (Wildman–Crippen LogP) is 3.45. The zero-order valence-corrected chi connectivity index (χ0v) is 15.7. The van der Waals surface area contributed by atoms with Crippen LogP contribution in [0, 0.1) is 0 Å². The quantitative estimate of drug-likeness (QED) is 0.555. The third-order valence-corrected chi connectivity index (χ3v) is 4.57. The van der Waals surface area contributed by atoms with Crippen molar-refractivity contribution in [2.24, 2.45) is 7.05 Å². The lowest BCUT2D eigenvalue weighted by atomic mass is 10.0. The fraction of sp³-hybridized carbons (Fsp3) is 0.111. The van der Waals surface area contributed by atoms with Gasteiger partial charge in [-0.1, -0.05) is 0 Å². The molecule has 8 heteroatoms. The lowest BCUT2D eigenvalue weighted by Crippen LogP contribution is -2.02. The fourth-order valence-corrected chi connectivity index (χ4v) is 3.31. The SMILES string of the molecule is COc1ccc2c(c1)c(-c1nc(N)nnc1-c1cncc(Br)c1)cn2C. The number of nitrogens with two attached hydrogens (primary N) is 1. The summed E-state index contributed by atoms with van der Waals surface area (Å²) < 4.78 is 8.26. The zero-order valence-electron chi connectivity index (χ0n) is 14.1. The van der Waals surface area contributed by atoms with Crippen LogP contribution in [0.2, 0.25) is 0 Å². The molecular formula is C18H15BrN6O. The Labute approximate surface area is 158 Å². The monoisotopic (exact) mass is 410 g/mol. The Hall–Kier alpha value is -3.00. The molecule has 0 amide bonds. The van der Waals surface area contributed by atoms with E-state index in [0.29, 0.717) is 11.4 Å². The van der Waals surface area contributed by atoms with Gasteiger partial charge in [0.25, 0.3) is 0 Å². The summed E-state index contributed by atoms with van der Waals surface area (Å²) in [5.41, 5.74) is 9.86. The molecule has 7 nitrogen and oxygen atoms in total. The van der Waals surface area contributed by atoms with E-state index in [4.69, 9.17) is 10.5 Å². The molecule has 0 radical (unpaired) electrons. The van der Waals surface area contributed by atoms with Crippen molar-refractivity contribution in [2.45, 2.75) is 0 Å². The van der Waals surface area contributed by atoms with Crippen LogP contribution in [0.1, 0.15) is 0 Å². The van der Waals surface area contributed by atoms with Gasteiger partial charge in [0.05, 0.1) is 7.11 Å². The summed E-state index contributed by atoms with van der Waals surface area (Å²) in [4.78, 5) is 8.69. The average molecular weight is 411 g/mol. The number of hydrogen-bond acceptors (Lipinski definition) is 6. The molecule has 0 aliphatic carbocycles. The molecule has 0 aliphatic heterocycles. The second-order valence-electron chi connectivity index (χ2n) is 5.80. The molecule has 0 bridgehead atoms. The molecule has 1 aromatic carbocycles. The number of ether oxygens (including phenoxy) is 1. The van der Waals surface area contributed by atoms with Crippen LogP contribution in [0.15, 0.2) is 47.3 Å². The van der Waals surface area contributed by atoms with Crippen molar-refractivity contribution in [2.75, 3.05) is 12.8 Å². The number of pyridine rings is 1. The van der Waals surface area contributed by atoms with Gasteiger partial charge in [0, 0.05) is 52.1 Å². The van der Waals surface area contributed by atoms with Crippen molar-refractivity contribution >= 4 is 32.8 Å². The number of benzene rings is 1. The normalized spacial score (nSPS) is 11.0. The topological polar surface area (TPSA) is 91.7 Å². The van der Waals surface area contributed by atoms with Crippen LogP contribution in [0.25, 0.3) is 33.4 Å². The van der Waals surface area contributed by atoms with Crippen molar-refractivity contribution in [1.29, 1.82) is 0 Å². The van der Waals surface area contributed by atoms with Gasteiger partial charge in [-0.25, -0.2) is 4.98 Å². The van der Waals surface area contributed by atoms with Crippen molar-refractivity contribution in [3.8, 4) is 28.3 Å². The molecule has 0 spiro atoms. The number of nitrogens with zero attached hydrogens (tertiary/aromatic N) is 5. The van der Waals surface area contributed by atoms with Crippen molar-refractivity contribution < 1.29 is 4.74 Å². The van der Waals surface area contributed by atoms with E-state index in [-0.39, 0.29) is 5.95 Å². The van der Waals surface area contributed by atoms with Gasteiger partial charge < -0.3 is 15.0 Å². The highest BCUT2D eigenvalue weighted by atomic mass is 79.9. The second kappa shape index (κ2) is 6.38. The Bertz CT molecular complexity index is 1120. The van der Waals surface area contributed by atoms with Crippen molar-refractivity contribution in [1.82, 2.24) is 24.7 Å². The Kier molecular flexibility index (Phi) is 4.04. The Morgan fingerprint density at radius 1 is 1.12 bits per heavy atom. The van der Waals surface area contributed by atoms with Gasteiger partial charge in [0.1, 0.15) is 17.1 Å². The maximum absolute atomic E-state index is 5.84. The first-order chi connectivity index (χ1) is 12.6. The molecule has 3 heterocycles. The Morgan fingerprint density at radius 3 is 2.73 bits per heavy atom. The van der Waals surface area contributed by atoms with E-state index in [2.05, 4.69) is 36.1 Å². The summed E-state index contributed by atoms with van der Waals surface area (Å²) in [5.74, 6) is 0.886. The van der Waals surface area contributed by atoms with Crippen LogP contribution < -0.4 is 10.5 Å². The molecule has 0 aliphatic rings. The zero-order chi connectivity index (χ0) is 18.3. The summed E-state index contributed by atoms with van der Waals surface area (Å²) in [6.45, 7) is 0. The van der Waals surface area contributed by atoms with Crippen molar-refractivity contribution in [3.05, 3.63) is 47.3 Å². The maximum atomic E-state index is 5.84. The van der Waals surface area contributed by atoms with E-state index in [1.165, 1.54) is 0 Å². The summed E-state index contributed by atoms with van der Waals surface area (Å²) >= 11 is 3.44.